The van der Waals surface area contributed by atoms with Gasteiger partial charge in [-0.25, -0.2) is 0 Å². The molecule has 2 amide bonds. The number of aliphatic carboxylic acids is 1. The smallest absolute Gasteiger partial charge is 0.308 e. The Kier molecular flexibility index (Phi) is 7.18. The first-order valence-electron chi connectivity index (χ1n) is 10.9. The summed E-state index contributed by atoms with van der Waals surface area (Å²) in [6.45, 7) is 11.7. The van der Waals surface area contributed by atoms with Crippen LogP contribution in [0.4, 0.5) is 0 Å². The maximum Gasteiger partial charge on any atom is 0.308 e. The molecule has 0 radical (unpaired) electrons. The molecule has 7 atom stereocenters. The molecule has 9 heteroatoms. The van der Waals surface area contributed by atoms with Gasteiger partial charge in [0, 0.05) is 22.7 Å². The van der Waals surface area contributed by atoms with Crippen molar-refractivity contribution in [1.29, 1.82) is 0 Å². The summed E-state index contributed by atoms with van der Waals surface area (Å²) in [6, 6.07) is -1.43. The molecule has 2 bridgehead atoms. The highest BCUT2D eigenvalue weighted by Crippen LogP contribution is 2.68. The fraction of sp³-hybridized carbons (Fsp3) is 0.773. The van der Waals surface area contributed by atoms with Crippen LogP contribution >= 0.6 is 27.7 Å². The van der Waals surface area contributed by atoms with Gasteiger partial charge in [0.15, 0.2) is 0 Å². The maximum absolute atomic E-state index is 14.0. The van der Waals surface area contributed by atoms with E-state index in [0.717, 1.165) is 0 Å². The van der Waals surface area contributed by atoms with Crippen molar-refractivity contribution in [2.75, 3.05) is 13.2 Å². The lowest BCUT2D eigenvalue weighted by atomic mass is 9.71. The van der Waals surface area contributed by atoms with Gasteiger partial charge in [0.25, 0.3) is 0 Å². The van der Waals surface area contributed by atoms with E-state index in [-0.39, 0.29) is 40.5 Å². The van der Waals surface area contributed by atoms with E-state index in [1.807, 2.05) is 27.7 Å². The Morgan fingerprint density at radius 2 is 2.03 bits per heavy atom. The number of carboxylic acid groups (broad SMARTS) is 1. The molecule has 3 rings (SSSR count). The zero-order chi connectivity index (χ0) is 23.2. The standard InChI is InChI=1S/C22H33BrN2O5S/c1-6-7-24(12(4)5)20(28)18-22-9-14(23)17(31-22)15(21(29)30)16(22)19(27)25(18)13(10-26)8-11(2)3/h6,11-18,26H,1,7-10H2,2-5H3,(H,29,30)/t13-,14?,15-,16+,17-,18?,22?/m1/s1. The van der Waals surface area contributed by atoms with Gasteiger partial charge in [0.05, 0.1) is 29.2 Å². The topological polar surface area (TPSA) is 98.2 Å². The van der Waals surface area contributed by atoms with Gasteiger partial charge in [-0.3, -0.25) is 14.4 Å². The van der Waals surface area contributed by atoms with E-state index in [0.29, 0.717) is 19.4 Å². The number of carboxylic acids is 1. The lowest BCUT2D eigenvalue weighted by molar-refractivity contribution is -0.150. The first-order chi connectivity index (χ1) is 14.5. The Bertz CT molecular complexity index is 762. The van der Waals surface area contributed by atoms with Crippen LogP contribution in [-0.2, 0) is 14.4 Å². The molecule has 174 valence electrons. The molecule has 7 nitrogen and oxygen atoms in total. The van der Waals surface area contributed by atoms with Crippen molar-refractivity contribution in [2.24, 2.45) is 17.8 Å². The number of likely N-dealkylation sites (tertiary alicyclic amines) is 1. The average Bonchev–Trinajstić information content (AvgIpc) is 3.26. The third-order valence-electron chi connectivity index (χ3n) is 6.83. The molecule has 0 saturated carbocycles. The minimum atomic E-state index is -0.994. The van der Waals surface area contributed by atoms with Crippen molar-refractivity contribution >= 4 is 45.5 Å². The largest absolute Gasteiger partial charge is 0.481 e. The number of amides is 2. The number of aliphatic hydroxyl groups is 1. The van der Waals surface area contributed by atoms with Crippen LogP contribution in [0.15, 0.2) is 12.7 Å². The minimum absolute atomic E-state index is 0.0810. The first kappa shape index (κ1) is 24.6. The summed E-state index contributed by atoms with van der Waals surface area (Å²) in [5.41, 5.74) is 0. The van der Waals surface area contributed by atoms with Crippen molar-refractivity contribution < 1.29 is 24.6 Å². The number of carbonyl (C=O) groups excluding carboxylic acids is 2. The normalized spacial score (nSPS) is 35.0. The van der Waals surface area contributed by atoms with Gasteiger partial charge in [0.2, 0.25) is 11.8 Å². The molecule has 0 aromatic carbocycles. The summed E-state index contributed by atoms with van der Waals surface area (Å²) in [5, 5.41) is 19.9. The first-order valence-corrected chi connectivity index (χ1v) is 12.7. The van der Waals surface area contributed by atoms with Gasteiger partial charge in [0.1, 0.15) is 6.04 Å². The fourth-order valence-electron chi connectivity index (χ4n) is 5.69. The monoisotopic (exact) mass is 516 g/mol. The highest BCUT2D eigenvalue weighted by molar-refractivity contribution is 9.09. The number of aliphatic hydroxyl groups excluding tert-OH is 1. The van der Waals surface area contributed by atoms with Crippen LogP contribution in [0.2, 0.25) is 0 Å². The molecular weight excluding hydrogens is 484 g/mol. The Balaban J connectivity index is 2.14. The predicted molar refractivity (Wildman–Crippen MR) is 124 cm³/mol. The molecule has 0 aromatic rings. The summed E-state index contributed by atoms with van der Waals surface area (Å²) >= 11 is 5.13. The number of nitrogens with zero attached hydrogens (tertiary/aromatic N) is 2. The molecule has 2 N–H and O–H groups in total. The molecule has 3 aliphatic heterocycles. The second-order valence-corrected chi connectivity index (χ2v) is 12.3. The minimum Gasteiger partial charge on any atom is -0.481 e. The van der Waals surface area contributed by atoms with Gasteiger partial charge >= 0.3 is 5.97 Å². The number of hydrogen-bond donors (Lipinski definition) is 2. The lowest BCUT2D eigenvalue weighted by Gasteiger charge is -2.41. The zero-order valence-electron chi connectivity index (χ0n) is 18.5. The van der Waals surface area contributed by atoms with Crippen LogP contribution in [0.25, 0.3) is 0 Å². The van der Waals surface area contributed by atoms with Crippen molar-refractivity contribution in [2.45, 2.75) is 73.5 Å². The number of halogens is 1. The van der Waals surface area contributed by atoms with Crippen LogP contribution in [0.5, 0.6) is 0 Å². The lowest BCUT2D eigenvalue weighted by Crippen LogP contribution is -2.59. The van der Waals surface area contributed by atoms with Crippen LogP contribution in [-0.4, -0.2) is 83.9 Å². The van der Waals surface area contributed by atoms with Crippen LogP contribution in [0.3, 0.4) is 0 Å². The van der Waals surface area contributed by atoms with Crippen LogP contribution in [0.1, 0.15) is 40.5 Å². The number of fused-ring (bicyclic) bond motifs is 1. The van der Waals surface area contributed by atoms with Crippen molar-refractivity contribution in [3.63, 3.8) is 0 Å². The van der Waals surface area contributed by atoms with E-state index in [1.54, 1.807) is 15.9 Å². The quantitative estimate of drug-likeness (QED) is 0.360. The highest BCUT2D eigenvalue weighted by Gasteiger charge is 2.76. The fourth-order valence-corrected chi connectivity index (χ4v) is 9.28. The summed E-state index contributed by atoms with van der Waals surface area (Å²) < 4.78 is -0.811. The number of thioether (sulfide) groups is 1. The SMILES string of the molecule is C=CCN(C(=O)C1N([C@@H](CO)CC(C)C)C(=O)[C@@H]2[C@@H](C(=O)O)[C@@H]3SC12CC3Br)C(C)C. The second kappa shape index (κ2) is 9.06. The molecule has 3 aliphatic rings. The van der Waals surface area contributed by atoms with E-state index in [9.17, 15) is 24.6 Å². The average molecular weight is 517 g/mol. The molecule has 0 aliphatic carbocycles. The summed E-state index contributed by atoms with van der Waals surface area (Å²) in [7, 11) is 0. The molecule has 0 aromatic heterocycles. The number of alkyl halides is 1. The van der Waals surface area contributed by atoms with Gasteiger partial charge in [-0.15, -0.1) is 18.3 Å². The molecular formula is C22H33BrN2O5S. The van der Waals surface area contributed by atoms with Gasteiger partial charge in [-0.05, 0) is 32.6 Å². The number of carbonyl (C=O) groups is 3. The Hall–Kier alpha value is -1.06. The van der Waals surface area contributed by atoms with Crippen molar-refractivity contribution in [3.05, 3.63) is 12.7 Å². The Morgan fingerprint density at radius 1 is 1.39 bits per heavy atom. The third kappa shape index (κ3) is 3.84. The van der Waals surface area contributed by atoms with E-state index in [2.05, 4.69) is 22.5 Å². The van der Waals surface area contributed by atoms with Crippen molar-refractivity contribution in [3.8, 4) is 0 Å². The van der Waals surface area contributed by atoms with Gasteiger partial charge < -0.3 is 20.0 Å². The molecule has 3 fully saturated rings. The molecule has 3 unspecified atom stereocenters. The molecule has 3 heterocycles. The summed E-state index contributed by atoms with van der Waals surface area (Å²) in [4.78, 5) is 43.1. The van der Waals surface area contributed by atoms with Crippen LogP contribution in [0, 0.1) is 17.8 Å². The summed E-state index contributed by atoms with van der Waals surface area (Å²) in [6.07, 6.45) is 2.76. The molecule has 1 spiro atoms. The van der Waals surface area contributed by atoms with Gasteiger partial charge in [-0.2, -0.15) is 0 Å². The summed E-state index contributed by atoms with van der Waals surface area (Å²) in [5.74, 6) is -2.89. The van der Waals surface area contributed by atoms with E-state index >= 15 is 0 Å². The Morgan fingerprint density at radius 3 is 2.52 bits per heavy atom. The van der Waals surface area contributed by atoms with E-state index in [1.165, 1.54) is 11.8 Å². The van der Waals surface area contributed by atoms with Gasteiger partial charge in [-0.1, -0.05) is 35.9 Å². The maximum atomic E-state index is 14.0. The predicted octanol–water partition coefficient (Wildman–Crippen LogP) is 2.37. The highest BCUT2D eigenvalue weighted by atomic mass is 79.9. The number of rotatable bonds is 9. The molecule has 3 saturated heterocycles. The van der Waals surface area contributed by atoms with Crippen molar-refractivity contribution in [1.82, 2.24) is 9.80 Å². The molecule has 31 heavy (non-hydrogen) atoms. The second-order valence-electron chi connectivity index (χ2n) is 9.59. The zero-order valence-corrected chi connectivity index (χ0v) is 20.9. The Labute approximate surface area is 196 Å². The number of hydrogen-bond acceptors (Lipinski definition) is 5. The van der Waals surface area contributed by atoms with E-state index < -0.39 is 34.6 Å². The third-order valence-corrected chi connectivity index (χ3v) is 10.0. The van der Waals surface area contributed by atoms with E-state index in [4.69, 9.17) is 0 Å². The van der Waals surface area contributed by atoms with Crippen LogP contribution < -0.4 is 0 Å².